The van der Waals surface area contributed by atoms with Crippen molar-refractivity contribution < 1.29 is 8.78 Å². The summed E-state index contributed by atoms with van der Waals surface area (Å²) in [6.45, 7) is 13.9. The Morgan fingerprint density at radius 1 is 1.00 bits per heavy atom. The zero-order valence-corrected chi connectivity index (χ0v) is 11.7. The van der Waals surface area contributed by atoms with Gasteiger partial charge in [-0.2, -0.15) is 0 Å². The molecule has 2 atom stereocenters. The Kier molecular flexibility index (Phi) is 2.98. The van der Waals surface area contributed by atoms with E-state index in [1.54, 1.807) is 6.92 Å². The van der Waals surface area contributed by atoms with Crippen LogP contribution < -0.4 is 0 Å². The van der Waals surface area contributed by atoms with E-state index in [2.05, 4.69) is 20.8 Å². The molecule has 0 heterocycles. The normalized spacial score (nSPS) is 33.9. The molecule has 0 aromatic rings. The molecular weight excluding hydrogens is 206 g/mol. The Hall–Kier alpha value is -0.140. The quantitative estimate of drug-likeness (QED) is 0.619. The number of alkyl halides is 2. The van der Waals surface area contributed by atoms with Gasteiger partial charge in [0.1, 0.15) is 0 Å². The molecule has 16 heavy (non-hydrogen) atoms. The van der Waals surface area contributed by atoms with Gasteiger partial charge in [-0.25, -0.2) is 8.78 Å². The lowest BCUT2D eigenvalue weighted by Crippen LogP contribution is -2.16. The number of rotatable bonds is 2. The highest BCUT2D eigenvalue weighted by Gasteiger charge is 2.79. The molecule has 0 saturated heterocycles. The van der Waals surface area contributed by atoms with Crippen LogP contribution in [-0.2, 0) is 0 Å². The molecule has 0 aromatic heterocycles. The standard InChI is InChI=1S/C14H26F2/c1-11(2,3)8-9-13(7)10(12(4,5)6)14(13,15)16/h10H,8-9H2,1-7H3/t10-,13+/m1/s1. The first kappa shape index (κ1) is 13.9. The Morgan fingerprint density at radius 3 is 1.69 bits per heavy atom. The van der Waals surface area contributed by atoms with Crippen LogP contribution in [0.1, 0.15) is 61.3 Å². The van der Waals surface area contributed by atoms with E-state index in [9.17, 15) is 8.78 Å². The minimum atomic E-state index is -2.48. The lowest BCUT2D eigenvalue weighted by atomic mass is 9.80. The van der Waals surface area contributed by atoms with Gasteiger partial charge in [-0.3, -0.25) is 0 Å². The summed E-state index contributed by atoms with van der Waals surface area (Å²) >= 11 is 0. The summed E-state index contributed by atoms with van der Waals surface area (Å²) in [4.78, 5) is 0. The second kappa shape index (κ2) is 3.43. The van der Waals surface area contributed by atoms with Crippen molar-refractivity contribution in [1.29, 1.82) is 0 Å². The predicted molar refractivity (Wildman–Crippen MR) is 64.7 cm³/mol. The average molecular weight is 232 g/mol. The zero-order valence-electron chi connectivity index (χ0n) is 11.7. The minimum absolute atomic E-state index is 0.143. The fourth-order valence-corrected chi connectivity index (χ4v) is 3.03. The first-order valence-electron chi connectivity index (χ1n) is 6.20. The Morgan fingerprint density at radius 2 is 1.44 bits per heavy atom. The van der Waals surface area contributed by atoms with Crippen LogP contribution >= 0.6 is 0 Å². The molecule has 0 spiro atoms. The number of halogens is 2. The molecule has 0 aliphatic heterocycles. The van der Waals surface area contributed by atoms with Crippen LogP contribution in [0.3, 0.4) is 0 Å². The van der Waals surface area contributed by atoms with E-state index in [1.807, 2.05) is 20.8 Å². The van der Waals surface area contributed by atoms with Crippen LogP contribution in [0.2, 0.25) is 0 Å². The molecule has 1 aliphatic rings. The van der Waals surface area contributed by atoms with Gasteiger partial charge in [-0.1, -0.05) is 48.5 Å². The maximum Gasteiger partial charge on any atom is 0.257 e. The summed E-state index contributed by atoms with van der Waals surface area (Å²) in [6.07, 6.45) is 1.50. The van der Waals surface area contributed by atoms with E-state index in [1.165, 1.54) is 0 Å². The van der Waals surface area contributed by atoms with E-state index in [0.717, 1.165) is 6.42 Å². The fourth-order valence-electron chi connectivity index (χ4n) is 3.03. The van der Waals surface area contributed by atoms with Gasteiger partial charge in [-0.05, 0) is 23.7 Å². The van der Waals surface area contributed by atoms with Crippen LogP contribution in [-0.4, -0.2) is 5.92 Å². The molecule has 0 amide bonds. The van der Waals surface area contributed by atoms with Gasteiger partial charge in [0, 0.05) is 11.3 Å². The summed E-state index contributed by atoms with van der Waals surface area (Å²) < 4.78 is 27.8. The Bertz CT molecular complexity index is 267. The highest BCUT2D eigenvalue weighted by atomic mass is 19.3. The van der Waals surface area contributed by atoms with E-state index in [-0.39, 0.29) is 10.8 Å². The smallest absolute Gasteiger partial charge is 0.206 e. The first-order valence-corrected chi connectivity index (χ1v) is 6.20. The number of hydrogen-bond donors (Lipinski definition) is 0. The molecule has 0 radical (unpaired) electrons. The van der Waals surface area contributed by atoms with Crippen LogP contribution in [0.25, 0.3) is 0 Å². The molecule has 96 valence electrons. The van der Waals surface area contributed by atoms with Crippen molar-refractivity contribution in [1.82, 2.24) is 0 Å². The van der Waals surface area contributed by atoms with Crippen molar-refractivity contribution >= 4 is 0 Å². The number of hydrogen-bond acceptors (Lipinski definition) is 0. The maximum atomic E-state index is 13.9. The Labute approximate surface area is 98.8 Å². The van der Waals surface area contributed by atoms with Crippen molar-refractivity contribution in [2.24, 2.45) is 22.2 Å². The van der Waals surface area contributed by atoms with Crippen molar-refractivity contribution in [3.63, 3.8) is 0 Å². The highest BCUT2D eigenvalue weighted by Crippen LogP contribution is 2.73. The molecule has 0 aromatic carbocycles. The molecule has 0 unspecified atom stereocenters. The van der Waals surface area contributed by atoms with E-state index >= 15 is 0 Å². The van der Waals surface area contributed by atoms with E-state index in [4.69, 9.17) is 0 Å². The molecule has 1 aliphatic carbocycles. The van der Waals surface area contributed by atoms with Gasteiger partial charge in [0.25, 0.3) is 5.92 Å². The zero-order chi connectivity index (χ0) is 13.0. The van der Waals surface area contributed by atoms with Crippen molar-refractivity contribution in [3.05, 3.63) is 0 Å². The lowest BCUT2D eigenvalue weighted by molar-refractivity contribution is 0.0458. The van der Waals surface area contributed by atoms with Crippen LogP contribution in [0.4, 0.5) is 8.78 Å². The summed E-state index contributed by atoms with van der Waals surface area (Å²) in [5.41, 5.74) is -0.932. The average Bonchev–Trinajstić information content (AvgIpc) is 2.40. The van der Waals surface area contributed by atoms with Gasteiger partial charge in [0.05, 0.1) is 0 Å². The summed E-state index contributed by atoms with van der Waals surface area (Å²) in [5, 5.41) is 0. The van der Waals surface area contributed by atoms with Gasteiger partial charge < -0.3 is 0 Å². The monoisotopic (exact) mass is 232 g/mol. The summed E-state index contributed by atoms with van der Waals surface area (Å²) in [5.74, 6) is -2.94. The van der Waals surface area contributed by atoms with Gasteiger partial charge in [0.2, 0.25) is 0 Å². The predicted octanol–water partition coefficient (Wildman–Crippen LogP) is 5.13. The molecule has 1 saturated carbocycles. The minimum Gasteiger partial charge on any atom is -0.206 e. The summed E-state index contributed by atoms with van der Waals surface area (Å²) in [7, 11) is 0. The van der Waals surface area contributed by atoms with Gasteiger partial charge in [-0.15, -0.1) is 0 Å². The fraction of sp³-hybridized carbons (Fsp3) is 1.00. The molecular formula is C14H26F2. The third-order valence-corrected chi connectivity index (χ3v) is 3.94. The molecule has 0 N–H and O–H groups in total. The van der Waals surface area contributed by atoms with E-state index in [0.29, 0.717) is 6.42 Å². The molecule has 1 fully saturated rings. The lowest BCUT2D eigenvalue weighted by Gasteiger charge is -2.23. The third-order valence-electron chi connectivity index (χ3n) is 3.94. The molecule has 1 rings (SSSR count). The molecule has 0 bridgehead atoms. The van der Waals surface area contributed by atoms with Gasteiger partial charge >= 0.3 is 0 Å². The van der Waals surface area contributed by atoms with E-state index < -0.39 is 17.3 Å². The molecule has 2 heteroatoms. The van der Waals surface area contributed by atoms with Crippen LogP contribution in [0, 0.1) is 22.2 Å². The maximum absolute atomic E-state index is 13.9. The van der Waals surface area contributed by atoms with Crippen LogP contribution in [0.15, 0.2) is 0 Å². The first-order chi connectivity index (χ1) is 6.82. The van der Waals surface area contributed by atoms with Crippen molar-refractivity contribution in [3.8, 4) is 0 Å². The van der Waals surface area contributed by atoms with Crippen molar-refractivity contribution in [2.75, 3.05) is 0 Å². The topological polar surface area (TPSA) is 0 Å². The summed E-state index contributed by atoms with van der Waals surface area (Å²) in [6, 6.07) is 0. The highest BCUT2D eigenvalue weighted by molar-refractivity contribution is 5.19. The van der Waals surface area contributed by atoms with Crippen molar-refractivity contribution in [2.45, 2.75) is 67.2 Å². The molecule has 0 nitrogen and oxygen atoms in total. The third kappa shape index (κ3) is 2.26. The van der Waals surface area contributed by atoms with Crippen LogP contribution in [0.5, 0.6) is 0 Å². The second-order valence-electron chi connectivity index (χ2n) is 7.90. The second-order valence-corrected chi connectivity index (χ2v) is 7.90. The van der Waals surface area contributed by atoms with Gasteiger partial charge in [0.15, 0.2) is 0 Å². The Balaban J connectivity index is 2.74. The SMILES string of the molecule is CC(C)(C)CC[C@@]1(C)[C@@H](C(C)(C)C)C1(F)F. The largest absolute Gasteiger partial charge is 0.257 e.